The highest BCUT2D eigenvalue weighted by atomic mass is 35.5. The Morgan fingerprint density at radius 2 is 2.00 bits per heavy atom. The Hall–Kier alpha value is -2.03. The quantitative estimate of drug-likeness (QED) is 0.337. The molecule has 0 radical (unpaired) electrons. The van der Waals surface area contributed by atoms with Crippen molar-refractivity contribution < 1.29 is 24.4 Å². The van der Waals surface area contributed by atoms with Crippen LogP contribution in [0, 0.1) is 0 Å². The second-order valence-electron chi connectivity index (χ2n) is 4.58. The predicted molar refractivity (Wildman–Crippen MR) is 87.9 cm³/mol. The minimum Gasteiger partial charge on any atom is -0.438 e. The van der Waals surface area contributed by atoms with Gasteiger partial charge in [0.15, 0.2) is 6.29 Å². The molecule has 1 heterocycles. The largest absolute Gasteiger partial charge is 0.438 e. The van der Waals surface area contributed by atoms with Crippen LogP contribution < -0.4 is 4.74 Å². The van der Waals surface area contributed by atoms with E-state index in [9.17, 15) is 0 Å². The first-order valence-corrected chi connectivity index (χ1v) is 7.33. The summed E-state index contributed by atoms with van der Waals surface area (Å²) in [6.45, 7) is -0.0753. The topological polar surface area (TPSA) is 82.9 Å². The van der Waals surface area contributed by atoms with Gasteiger partial charge in [-0.15, -0.1) is 0 Å². The summed E-state index contributed by atoms with van der Waals surface area (Å²) in [5.41, 5.74) is 1.29. The summed E-state index contributed by atoms with van der Waals surface area (Å²) in [5, 5.41) is 9.14. The standard InChI is InChI=1S/C16H17ClN2O5/c1-21-16(22-2)7-11(9-23-20)12-5-3-4-6-13(12)24-15-8-14(17)18-10-19-15/h3-8,10,16,20H,9H2,1-2H3/b11-7-. The van der Waals surface area contributed by atoms with Crippen LogP contribution in [0.3, 0.4) is 0 Å². The fraction of sp³-hybridized carbons (Fsp3) is 0.250. The fourth-order valence-electron chi connectivity index (χ4n) is 1.99. The monoisotopic (exact) mass is 352 g/mol. The van der Waals surface area contributed by atoms with Gasteiger partial charge in [0, 0.05) is 25.8 Å². The van der Waals surface area contributed by atoms with Crippen molar-refractivity contribution in [2.24, 2.45) is 0 Å². The highest BCUT2D eigenvalue weighted by Gasteiger charge is 2.13. The molecule has 1 aromatic heterocycles. The second-order valence-corrected chi connectivity index (χ2v) is 4.97. The number of para-hydroxylation sites is 1. The van der Waals surface area contributed by atoms with Gasteiger partial charge in [-0.25, -0.2) is 14.9 Å². The van der Waals surface area contributed by atoms with Crippen LogP contribution in [-0.2, 0) is 14.4 Å². The number of nitrogens with zero attached hydrogens (tertiary/aromatic N) is 2. The summed E-state index contributed by atoms with van der Waals surface area (Å²) in [4.78, 5) is 12.1. The third kappa shape index (κ3) is 4.98. The molecule has 8 heteroatoms. The van der Waals surface area contributed by atoms with Crippen LogP contribution in [0.2, 0.25) is 5.15 Å². The molecule has 0 unspecified atom stereocenters. The van der Waals surface area contributed by atoms with E-state index in [4.69, 9.17) is 31.1 Å². The van der Waals surface area contributed by atoms with Crippen molar-refractivity contribution in [3.05, 3.63) is 53.5 Å². The molecular formula is C16H17ClN2O5. The van der Waals surface area contributed by atoms with Crippen LogP contribution in [0.4, 0.5) is 0 Å². The van der Waals surface area contributed by atoms with E-state index in [1.54, 1.807) is 12.1 Å². The Morgan fingerprint density at radius 3 is 2.67 bits per heavy atom. The second kappa shape index (κ2) is 9.31. The number of ether oxygens (including phenoxy) is 3. The van der Waals surface area contributed by atoms with Gasteiger partial charge in [0.2, 0.25) is 5.88 Å². The number of methoxy groups -OCH3 is 2. The number of benzene rings is 1. The van der Waals surface area contributed by atoms with Crippen LogP contribution in [0.25, 0.3) is 5.57 Å². The van der Waals surface area contributed by atoms with Gasteiger partial charge in [-0.05, 0) is 17.7 Å². The van der Waals surface area contributed by atoms with E-state index in [-0.39, 0.29) is 11.8 Å². The normalized spacial score (nSPS) is 11.8. The first kappa shape index (κ1) is 18.3. The number of aromatic nitrogens is 2. The van der Waals surface area contributed by atoms with Gasteiger partial charge in [0.05, 0.1) is 0 Å². The molecule has 0 aliphatic carbocycles. The Morgan fingerprint density at radius 1 is 1.25 bits per heavy atom. The maximum absolute atomic E-state index is 8.87. The van der Waals surface area contributed by atoms with E-state index in [0.29, 0.717) is 22.8 Å². The van der Waals surface area contributed by atoms with Crippen molar-refractivity contribution in [1.29, 1.82) is 0 Å². The smallest absolute Gasteiger partial charge is 0.223 e. The summed E-state index contributed by atoms with van der Waals surface area (Å²) < 4.78 is 16.1. The Kier molecular flexibility index (Phi) is 7.10. The van der Waals surface area contributed by atoms with Crippen LogP contribution in [-0.4, -0.2) is 42.3 Å². The van der Waals surface area contributed by atoms with Gasteiger partial charge in [0.1, 0.15) is 23.8 Å². The Balaban J connectivity index is 2.37. The van der Waals surface area contributed by atoms with Crippen LogP contribution in [0.5, 0.6) is 11.6 Å². The summed E-state index contributed by atoms with van der Waals surface area (Å²) in [5.74, 6) is 0.795. The van der Waals surface area contributed by atoms with Gasteiger partial charge in [0.25, 0.3) is 0 Å². The van der Waals surface area contributed by atoms with Gasteiger partial charge < -0.3 is 14.2 Å². The van der Waals surface area contributed by atoms with Crippen molar-refractivity contribution >= 4 is 17.2 Å². The molecule has 2 aromatic rings. The van der Waals surface area contributed by atoms with E-state index >= 15 is 0 Å². The molecule has 7 nitrogen and oxygen atoms in total. The van der Waals surface area contributed by atoms with Crippen molar-refractivity contribution in [3.63, 3.8) is 0 Å². The third-order valence-electron chi connectivity index (χ3n) is 3.08. The number of halogens is 1. The van der Waals surface area contributed by atoms with Crippen LogP contribution >= 0.6 is 11.6 Å². The minimum atomic E-state index is -0.600. The Bertz CT molecular complexity index is 692. The average molecular weight is 353 g/mol. The molecule has 0 fully saturated rings. The maximum atomic E-state index is 8.87. The van der Waals surface area contributed by atoms with E-state index in [1.165, 1.54) is 26.6 Å². The lowest BCUT2D eigenvalue weighted by molar-refractivity contribution is -0.229. The number of rotatable bonds is 8. The average Bonchev–Trinajstić information content (AvgIpc) is 2.59. The first-order chi connectivity index (χ1) is 11.7. The zero-order valence-corrected chi connectivity index (χ0v) is 13.9. The fourth-order valence-corrected chi connectivity index (χ4v) is 2.13. The third-order valence-corrected chi connectivity index (χ3v) is 3.28. The van der Waals surface area contributed by atoms with Gasteiger partial charge in [-0.3, -0.25) is 5.26 Å². The summed E-state index contributed by atoms with van der Waals surface area (Å²) in [7, 11) is 3.01. The summed E-state index contributed by atoms with van der Waals surface area (Å²) in [6.07, 6.45) is 2.38. The molecule has 0 saturated carbocycles. The lowest BCUT2D eigenvalue weighted by Gasteiger charge is -2.15. The summed E-state index contributed by atoms with van der Waals surface area (Å²) >= 11 is 5.84. The molecule has 128 valence electrons. The predicted octanol–water partition coefficient (Wildman–Crippen LogP) is 3.41. The Labute approximate surface area is 144 Å². The molecule has 0 aliphatic heterocycles. The van der Waals surface area contributed by atoms with Crippen LogP contribution in [0.15, 0.2) is 42.7 Å². The van der Waals surface area contributed by atoms with Gasteiger partial charge in [-0.2, -0.15) is 0 Å². The first-order valence-electron chi connectivity index (χ1n) is 6.95. The van der Waals surface area contributed by atoms with Crippen molar-refractivity contribution in [2.45, 2.75) is 6.29 Å². The van der Waals surface area contributed by atoms with Crippen molar-refractivity contribution in [3.8, 4) is 11.6 Å². The molecule has 1 N–H and O–H groups in total. The SMILES string of the molecule is COC(/C=C(/COO)c1ccccc1Oc1cc(Cl)ncn1)OC. The zero-order valence-electron chi connectivity index (χ0n) is 13.2. The maximum Gasteiger partial charge on any atom is 0.223 e. The molecule has 0 spiro atoms. The van der Waals surface area contributed by atoms with E-state index in [0.717, 1.165) is 0 Å². The molecule has 0 atom stereocenters. The highest BCUT2D eigenvalue weighted by molar-refractivity contribution is 6.29. The molecule has 24 heavy (non-hydrogen) atoms. The lowest BCUT2D eigenvalue weighted by atomic mass is 10.0. The zero-order chi connectivity index (χ0) is 17.4. The molecule has 0 bridgehead atoms. The lowest BCUT2D eigenvalue weighted by Crippen LogP contribution is -2.11. The molecule has 0 amide bonds. The van der Waals surface area contributed by atoms with E-state index in [2.05, 4.69) is 14.9 Å². The van der Waals surface area contributed by atoms with E-state index < -0.39 is 6.29 Å². The van der Waals surface area contributed by atoms with Gasteiger partial charge >= 0.3 is 0 Å². The molecular weight excluding hydrogens is 336 g/mol. The molecule has 2 rings (SSSR count). The summed E-state index contributed by atoms with van der Waals surface area (Å²) in [6, 6.07) is 8.70. The molecule has 0 aliphatic rings. The molecule has 0 saturated heterocycles. The molecule has 1 aromatic carbocycles. The van der Waals surface area contributed by atoms with Crippen molar-refractivity contribution in [1.82, 2.24) is 9.97 Å². The van der Waals surface area contributed by atoms with Gasteiger partial charge in [-0.1, -0.05) is 29.8 Å². The number of hydrogen-bond donors (Lipinski definition) is 1. The van der Waals surface area contributed by atoms with Crippen molar-refractivity contribution in [2.75, 3.05) is 20.8 Å². The highest BCUT2D eigenvalue weighted by Crippen LogP contribution is 2.30. The van der Waals surface area contributed by atoms with Crippen LogP contribution in [0.1, 0.15) is 5.56 Å². The number of hydrogen-bond acceptors (Lipinski definition) is 7. The van der Waals surface area contributed by atoms with E-state index in [1.807, 2.05) is 18.2 Å². The minimum absolute atomic E-state index is 0.0753.